The molecule has 0 aliphatic carbocycles. The average molecular weight is 268 g/mol. The van der Waals surface area contributed by atoms with Crippen LogP contribution in [0.1, 0.15) is 5.56 Å². The summed E-state index contributed by atoms with van der Waals surface area (Å²) in [6, 6.07) is 5.93. The SMILES string of the molecule is Cc1cc(Cl)ccc1NC(=O)CN(C)C1CNC1. The van der Waals surface area contributed by atoms with Crippen LogP contribution in [0.4, 0.5) is 5.69 Å². The normalized spacial score (nSPS) is 15.6. The van der Waals surface area contributed by atoms with Crippen LogP contribution in [0, 0.1) is 6.92 Å². The van der Waals surface area contributed by atoms with Crippen molar-refractivity contribution in [2.45, 2.75) is 13.0 Å². The summed E-state index contributed by atoms with van der Waals surface area (Å²) < 4.78 is 0. The van der Waals surface area contributed by atoms with E-state index in [1.807, 2.05) is 26.1 Å². The first-order valence-corrected chi connectivity index (χ1v) is 6.41. The Balaban J connectivity index is 1.90. The van der Waals surface area contributed by atoms with E-state index < -0.39 is 0 Å². The van der Waals surface area contributed by atoms with Gasteiger partial charge < -0.3 is 10.6 Å². The van der Waals surface area contributed by atoms with Crippen LogP contribution in [0.2, 0.25) is 5.02 Å². The molecule has 4 nitrogen and oxygen atoms in total. The van der Waals surface area contributed by atoms with Crippen molar-refractivity contribution in [3.63, 3.8) is 0 Å². The van der Waals surface area contributed by atoms with E-state index in [0.29, 0.717) is 17.6 Å². The molecule has 0 saturated carbocycles. The summed E-state index contributed by atoms with van der Waals surface area (Å²) in [6.07, 6.45) is 0. The maximum atomic E-state index is 11.9. The molecule has 2 rings (SSSR count). The van der Waals surface area contributed by atoms with Crippen molar-refractivity contribution >= 4 is 23.2 Å². The van der Waals surface area contributed by atoms with Crippen LogP contribution >= 0.6 is 11.6 Å². The maximum Gasteiger partial charge on any atom is 0.238 e. The number of nitrogens with zero attached hydrogens (tertiary/aromatic N) is 1. The van der Waals surface area contributed by atoms with Gasteiger partial charge in [-0.15, -0.1) is 0 Å². The van der Waals surface area contributed by atoms with E-state index in [0.717, 1.165) is 24.3 Å². The Morgan fingerprint density at radius 2 is 2.28 bits per heavy atom. The lowest BCUT2D eigenvalue weighted by Crippen LogP contribution is -2.57. The lowest BCUT2D eigenvalue weighted by molar-refractivity contribution is -0.117. The molecule has 0 spiro atoms. The van der Waals surface area contributed by atoms with E-state index in [9.17, 15) is 4.79 Å². The van der Waals surface area contributed by atoms with Gasteiger partial charge in [-0.05, 0) is 37.7 Å². The molecule has 1 aliphatic heterocycles. The van der Waals surface area contributed by atoms with Crippen molar-refractivity contribution in [3.05, 3.63) is 28.8 Å². The number of benzene rings is 1. The molecule has 1 saturated heterocycles. The van der Waals surface area contributed by atoms with Crippen LogP contribution in [0.3, 0.4) is 0 Å². The van der Waals surface area contributed by atoms with Gasteiger partial charge >= 0.3 is 0 Å². The molecule has 1 aliphatic rings. The number of halogens is 1. The molecule has 0 atom stereocenters. The highest BCUT2D eigenvalue weighted by molar-refractivity contribution is 6.30. The molecular formula is C13H18ClN3O. The van der Waals surface area contributed by atoms with E-state index in [4.69, 9.17) is 11.6 Å². The van der Waals surface area contributed by atoms with Crippen LogP contribution in [-0.2, 0) is 4.79 Å². The molecular weight excluding hydrogens is 250 g/mol. The third kappa shape index (κ3) is 3.22. The first kappa shape index (κ1) is 13.3. The smallest absolute Gasteiger partial charge is 0.238 e. The number of carbonyl (C=O) groups is 1. The van der Waals surface area contributed by atoms with E-state index in [1.165, 1.54) is 0 Å². The molecule has 0 unspecified atom stereocenters. The van der Waals surface area contributed by atoms with Crippen molar-refractivity contribution in [3.8, 4) is 0 Å². The summed E-state index contributed by atoms with van der Waals surface area (Å²) in [4.78, 5) is 14.0. The first-order chi connectivity index (χ1) is 8.56. The van der Waals surface area contributed by atoms with Crippen molar-refractivity contribution in [2.75, 3.05) is 32.0 Å². The Labute approximate surface area is 112 Å². The highest BCUT2D eigenvalue weighted by atomic mass is 35.5. The zero-order chi connectivity index (χ0) is 13.1. The lowest BCUT2D eigenvalue weighted by Gasteiger charge is -2.35. The zero-order valence-corrected chi connectivity index (χ0v) is 11.4. The van der Waals surface area contributed by atoms with Gasteiger partial charge in [-0.25, -0.2) is 0 Å². The highest BCUT2D eigenvalue weighted by Crippen LogP contribution is 2.19. The Hall–Kier alpha value is -1.10. The molecule has 1 fully saturated rings. The third-order valence-corrected chi connectivity index (χ3v) is 3.47. The van der Waals surface area contributed by atoms with Gasteiger partial charge in [-0.1, -0.05) is 11.6 Å². The topological polar surface area (TPSA) is 44.4 Å². The van der Waals surface area contributed by atoms with Gasteiger partial charge in [-0.3, -0.25) is 9.69 Å². The van der Waals surface area contributed by atoms with E-state index in [2.05, 4.69) is 15.5 Å². The minimum Gasteiger partial charge on any atom is -0.325 e. The Morgan fingerprint density at radius 1 is 1.56 bits per heavy atom. The Kier molecular flexibility index (Phi) is 4.22. The quantitative estimate of drug-likeness (QED) is 0.869. The number of aryl methyl sites for hydroxylation is 1. The molecule has 18 heavy (non-hydrogen) atoms. The minimum atomic E-state index is 0.00909. The molecule has 0 aromatic heterocycles. The van der Waals surface area contributed by atoms with E-state index in [-0.39, 0.29) is 5.91 Å². The molecule has 0 bridgehead atoms. The van der Waals surface area contributed by atoms with Crippen LogP contribution in [0.25, 0.3) is 0 Å². The highest BCUT2D eigenvalue weighted by Gasteiger charge is 2.22. The molecule has 98 valence electrons. The summed E-state index contributed by atoms with van der Waals surface area (Å²) in [5.41, 5.74) is 1.80. The number of nitrogens with one attached hydrogen (secondary N) is 2. The molecule has 1 aromatic rings. The summed E-state index contributed by atoms with van der Waals surface area (Å²) in [5.74, 6) is 0.00909. The van der Waals surface area contributed by atoms with Crippen LogP contribution in [0.5, 0.6) is 0 Å². The third-order valence-electron chi connectivity index (χ3n) is 3.24. The number of anilines is 1. The second kappa shape index (κ2) is 5.69. The molecule has 5 heteroatoms. The monoisotopic (exact) mass is 267 g/mol. The largest absolute Gasteiger partial charge is 0.325 e. The second-order valence-corrected chi connectivity index (χ2v) is 5.17. The summed E-state index contributed by atoms with van der Waals surface area (Å²) >= 11 is 5.88. The fraction of sp³-hybridized carbons (Fsp3) is 0.462. The van der Waals surface area contributed by atoms with Gasteiger partial charge in [0.15, 0.2) is 0 Å². The maximum absolute atomic E-state index is 11.9. The molecule has 1 aromatic carbocycles. The van der Waals surface area contributed by atoms with Crippen molar-refractivity contribution in [1.29, 1.82) is 0 Å². The second-order valence-electron chi connectivity index (χ2n) is 4.73. The van der Waals surface area contributed by atoms with Crippen molar-refractivity contribution in [1.82, 2.24) is 10.2 Å². The predicted octanol–water partition coefficient (Wildman–Crippen LogP) is 1.49. The standard InChI is InChI=1S/C13H18ClN3O/c1-9-5-10(14)3-4-12(9)16-13(18)8-17(2)11-6-15-7-11/h3-5,11,15H,6-8H2,1-2H3,(H,16,18). The summed E-state index contributed by atoms with van der Waals surface area (Å²) in [7, 11) is 1.97. The lowest BCUT2D eigenvalue weighted by atomic mass is 10.1. The van der Waals surface area contributed by atoms with E-state index in [1.54, 1.807) is 6.07 Å². The zero-order valence-electron chi connectivity index (χ0n) is 10.7. The molecule has 2 N–H and O–H groups in total. The summed E-state index contributed by atoms with van der Waals surface area (Å²) in [5, 5.41) is 6.79. The summed E-state index contributed by atoms with van der Waals surface area (Å²) in [6.45, 7) is 4.27. The number of hydrogen-bond acceptors (Lipinski definition) is 3. The molecule has 1 heterocycles. The van der Waals surface area contributed by atoms with Crippen molar-refractivity contribution in [2.24, 2.45) is 0 Å². The van der Waals surface area contributed by atoms with Gasteiger partial charge in [0, 0.05) is 29.8 Å². The van der Waals surface area contributed by atoms with Gasteiger partial charge in [0.25, 0.3) is 0 Å². The number of likely N-dealkylation sites (N-methyl/N-ethyl adjacent to an activating group) is 1. The number of rotatable bonds is 4. The van der Waals surface area contributed by atoms with E-state index >= 15 is 0 Å². The molecule has 0 radical (unpaired) electrons. The van der Waals surface area contributed by atoms with Crippen LogP contribution in [-0.4, -0.2) is 43.5 Å². The molecule has 1 amide bonds. The number of amides is 1. The first-order valence-electron chi connectivity index (χ1n) is 6.03. The predicted molar refractivity (Wildman–Crippen MR) is 74.1 cm³/mol. The van der Waals surface area contributed by atoms with Crippen molar-refractivity contribution < 1.29 is 4.79 Å². The Bertz CT molecular complexity index is 446. The fourth-order valence-electron chi connectivity index (χ4n) is 1.90. The Morgan fingerprint density at radius 3 is 2.83 bits per heavy atom. The van der Waals surface area contributed by atoms with Gasteiger partial charge in [0.1, 0.15) is 0 Å². The number of carbonyl (C=O) groups excluding carboxylic acids is 1. The minimum absolute atomic E-state index is 0.00909. The van der Waals surface area contributed by atoms with Crippen LogP contribution in [0.15, 0.2) is 18.2 Å². The number of hydrogen-bond donors (Lipinski definition) is 2. The average Bonchev–Trinajstić information content (AvgIpc) is 2.19. The van der Waals surface area contributed by atoms with Gasteiger partial charge in [-0.2, -0.15) is 0 Å². The van der Waals surface area contributed by atoms with Crippen LogP contribution < -0.4 is 10.6 Å². The van der Waals surface area contributed by atoms with Gasteiger partial charge in [0.05, 0.1) is 6.54 Å². The fourth-order valence-corrected chi connectivity index (χ4v) is 2.12. The van der Waals surface area contributed by atoms with Gasteiger partial charge in [0.2, 0.25) is 5.91 Å².